The van der Waals surface area contributed by atoms with Crippen molar-refractivity contribution in [3.8, 4) is 0 Å². The van der Waals surface area contributed by atoms with Crippen LogP contribution >= 0.6 is 11.5 Å². The standard InChI is InChI=1S/C23H19F3N8O4S/c24-23(25,26)13-9-10(3-5-30-13)29-6-4-14(27)34-7-8-38-17(22(34)37)16(35)20-31-12-2-1-11-18(39-33-19(11)28)15(12)21(36)32-20/h1-6,9,16-17,27,35H,7-8H2,(H2,28,33)(H,29,30)(H,31,32,36)/b6-4-,27-14?. The number of fused-ring (bicyclic) bond motifs is 3. The second-order valence-electron chi connectivity index (χ2n) is 8.38. The number of hydrogen-bond donors (Lipinski definition) is 5. The number of anilines is 2. The number of aliphatic hydroxyl groups excluding tert-OH is 1. The minimum atomic E-state index is -4.62. The maximum Gasteiger partial charge on any atom is 0.433 e. The van der Waals surface area contributed by atoms with Crippen molar-refractivity contribution in [3.05, 3.63) is 64.6 Å². The Labute approximate surface area is 220 Å². The van der Waals surface area contributed by atoms with Crippen molar-refractivity contribution in [1.29, 1.82) is 5.41 Å². The highest BCUT2D eigenvalue weighted by Crippen LogP contribution is 2.31. The molecule has 12 nitrogen and oxygen atoms in total. The molecule has 3 aromatic heterocycles. The Kier molecular flexibility index (Phi) is 6.75. The summed E-state index contributed by atoms with van der Waals surface area (Å²) in [6.45, 7) is -0.0415. The first kappa shape index (κ1) is 26.2. The van der Waals surface area contributed by atoms with Gasteiger partial charge in [0.05, 0.1) is 28.8 Å². The molecule has 1 amide bonds. The maximum atomic E-state index is 13.1. The number of aromatic amines is 1. The first-order chi connectivity index (χ1) is 18.5. The molecule has 0 aliphatic carbocycles. The number of nitrogens with one attached hydrogen (secondary N) is 3. The van der Waals surface area contributed by atoms with Crippen LogP contribution in [0.4, 0.5) is 24.7 Å². The normalized spacial score (nSPS) is 17.3. The van der Waals surface area contributed by atoms with Crippen LogP contribution in [-0.2, 0) is 15.7 Å². The van der Waals surface area contributed by atoms with Crippen LogP contribution in [0.25, 0.3) is 21.0 Å². The smallest absolute Gasteiger partial charge is 0.382 e. The van der Waals surface area contributed by atoms with Crippen LogP contribution in [0.1, 0.15) is 17.6 Å². The Hall–Kier alpha value is -4.41. The summed E-state index contributed by atoms with van der Waals surface area (Å²) in [5.41, 5.74) is 4.52. The van der Waals surface area contributed by atoms with E-state index in [-0.39, 0.29) is 41.7 Å². The molecule has 5 rings (SSSR count). The van der Waals surface area contributed by atoms with Crippen LogP contribution in [0.2, 0.25) is 0 Å². The van der Waals surface area contributed by atoms with Crippen LogP contribution in [0.5, 0.6) is 0 Å². The zero-order valence-electron chi connectivity index (χ0n) is 19.7. The van der Waals surface area contributed by atoms with Crippen molar-refractivity contribution in [3.63, 3.8) is 0 Å². The van der Waals surface area contributed by atoms with E-state index < -0.39 is 35.5 Å². The predicted octanol–water partition coefficient (Wildman–Crippen LogP) is 2.39. The number of halogens is 3. The van der Waals surface area contributed by atoms with Crippen LogP contribution in [0.3, 0.4) is 0 Å². The van der Waals surface area contributed by atoms with Gasteiger partial charge in [-0.15, -0.1) is 0 Å². The van der Waals surface area contributed by atoms with Gasteiger partial charge in [-0.3, -0.25) is 24.9 Å². The number of aromatic nitrogens is 4. The molecule has 202 valence electrons. The minimum absolute atomic E-state index is 0.00877. The van der Waals surface area contributed by atoms with Crippen LogP contribution in [0.15, 0.2) is 47.5 Å². The number of nitrogen functional groups attached to an aromatic ring is 1. The Morgan fingerprint density at radius 1 is 1.36 bits per heavy atom. The quantitative estimate of drug-likeness (QED) is 0.181. The van der Waals surface area contributed by atoms with Gasteiger partial charge in [-0.05, 0) is 41.9 Å². The monoisotopic (exact) mass is 560 g/mol. The third-order valence-corrected chi connectivity index (χ3v) is 6.78. The molecule has 1 saturated heterocycles. The summed E-state index contributed by atoms with van der Waals surface area (Å²) in [5.74, 6) is -0.991. The highest BCUT2D eigenvalue weighted by atomic mass is 32.1. The lowest BCUT2D eigenvalue weighted by Crippen LogP contribution is -2.52. The van der Waals surface area contributed by atoms with E-state index in [4.69, 9.17) is 15.9 Å². The van der Waals surface area contributed by atoms with Crippen molar-refractivity contribution in [2.45, 2.75) is 18.4 Å². The summed E-state index contributed by atoms with van der Waals surface area (Å²) >= 11 is 1.04. The molecule has 1 aliphatic rings. The molecule has 0 bridgehead atoms. The van der Waals surface area contributed by atoms with Crippen molar-refractivity contribution in [1.82, 2.24) is 24.2 Å². The molecule has 4 heterocycles. The number of H-pyrrole nitrogens is 1. The SMILES string of the molecule is N=C(/C=C\Nc1ccnc(C(F)(F)F)c1)N1CCOC(C(O)c2nc(=O)c3c(ccc4c(N)nsc43)[nH]2)C1=O. The van der Waals surface area contributed by atoms with Crippen LogP contribution < -0.4 is 16.6 Å². The molecule has 1 fully saturated rings. The van der Waals surface area contributed by atoms with Gasteiger partial charge in [-0.1, -0.05) is 0 Å². The first-order valence-electron chi connectivity index (χ1n) is 11.3. The highest BCUT2D eigenvalue weighted by molar-refractivity contribution is 7.14. The second kappa shape index (κ2) is 10.0. The lowest BCUT2D eigenvalue weighted by Gasteiger charge is -2.33. The maximum absolute atomic E-state index is 13.1. The molecule has 2 unspecified atom stereocenters. The van der Waals surface area contributed by atoms with Gasteiger partial charge in [0.1, 0.15) is 29.3 Å². The van der Waals surface area contributed by atoms with Gasteiger partial charge < -0.3 is 25.9 Å². The molecular weight excluding hydrogens is 541 g/mol. The number of amides is 1. The number of alkyl halides is 3. The fourth-order valence-corrected chi connectivity index (χ4v) is 4.86. The summed E-state index contributed by atoms with van der Waals surface area (Å²) in [4.78, 5) is 37.0. The van der Waals surface area contributed by atoms with E-state index >= 15 is 0 Å². The van der Waals surface area contributed by atoms with Crippen LogP contribution in [-0.4, -0.2) is 60.3 Å². The number of nitrogens with zero attached hydrogens (tertiary/aromatic N) is 4. The third kappa shape index (κ3) is 5.04. The number of amidine groups is 1. The number of rotatable bonds is 5. The average Bonchev–Trinajstić information content (AvgIpc) is 3.28. The average molecular weight is 561 g/mol. The van der Waals surface area contributed by atoms with Gasteiger partial charge in [0.2, 0.25) is 0 Å². The van der Waals surface area contributed by atoms with Gasteiger partial charge in [-0.25, -0.2) is 0 Å². The van der Waals surface area contributed by atoms with Gasteiger partial charge in [0.15, 0.2) is 6.10 Å². The number of benzene rings is 1. The van der Waals surface area contributed by atoms with Crippen molar-refractivity contribution in [2.24, 2.45) is 0 Å². The number of hydrogen-bond acceptors (Lipinski definition) is 11. The zero-order valence-corrected chi connectivity index (χ0v) is 20.5. The molecule has 39 heavy (non-hydrogen) atoms. The summed E-state index contributed by atoms with van der Waals surface area (Å²) in [5, 5.41) is 22.6. The largest absolute Gasteiger partial charge is 0.433 e. The zero-order chi connectivity index (χ0) is 27.9. The molecule has 16 heteroatoms. The topological polar surface area (TPSA) is 183 Å². The lowest BCUT2D eigenvalue weighted by atomic mass is 10.1. The fourth-order valence-electron chi connectivity index (χ4n) is 4.01. The number of pyridine rings is 1. The molecular formula is C23H19F3N8O4S. The molecule has 1 aliphatic heterocycles. The number of carbonyl (C=O) groups excluding carboxylic acids is 1. The molecule has 0 spiro atoms. The predicted molar refractivity (Wildman–Crippen MR) is 136 cm³/mol. The molecule has 2 atom stereocenters. The third-order valence-electron chi connectivity index (χ3n) is 5.89. The van der Waals surface area contributed by atoms with Crippen molar-refractivity contribution in [2.75, 3.05) is 24.2 Å². The molecule has 0 radical (unpaired) electrons. The number of aliphatic hydroxyl groups is 1. The summed E-state index contributed by atoms with van der Waals surface area (Å²) in [6.07, 6.45) is -4.40. The van der Waals surface area contributed by atoms with E-state index in [0.29, 0.717) is 15.6 Å². The van der Waals surface area contributed by atoms with Gasteiger partial charge in [-0.2, -0.15) is 22.5 Å². The second-order valence-corrected chi connectivity index (χ2v) is 9.15. The molecule has 1 aromatic carbocycles. The number of morpholine rings is 1. The number of carbonyl (C=O) groups is 1. The van der Waals surface area contributed by atoms with E-state index in [2.05, 4.69) is 24.6 Å². The Bertz CT molecular complexity index is 1690. The summed E-state index contributed by atoms with van der Waals surface area (Å²) in [6, 6.07) is 5.36. The van der Waals surface area contributed by atoms with E-state index in [1.165, 1.54) is 18.3 Å². The van der Waals surface area contributed by atoms with Crippen LogP contribution in [0, 0.1) is 5.41 Å². The summed E-state index contributed by atoms with van der Waals surface area (Å²) in [7, 11) is 0. The van der Waals surface area contributed by atoms with Crippen molar-refractivity contribution < 1.29 is 27.8 Å². The van der Waals surface area contributed by atoms with E-state index in [1.54, 1.807) is 12.1 Å². The fraction of sp³-hybridized carbons (Fsp3) is 0.217. The Morgan fingerprint density at radius 3 is 2.92 bits per heavy atom. The Balaban J connectivity index is 1.32. The number of ether oxygens (including phenoxy) is 1. The van der Waals surface area contributed by atoms with Gasteiger partial charge in [0, 0.05) is 23.5 Å². The van der Waals surface area contributed by atoms with Gasteiger partial charge >= 0.3 is 6.18 Å². The minimum Gasteiger partial charge on any atom is -0.382 e. The molecule has 6 N–H and O–H groups in total. The Morgan fingerprint density at radius 2 is 2.15 bits per heavy atom. The van der Waals surface area contributed by atoms with Crippen molar-refractivity contribution >= 4 is 55.8 Å². The first-order valence-corrected chi connectivity index (χ1v) is 12.1. The number of nitrogens with two attached hydrogens (primary N) is 1. The summed E-state index contributed by atoms with van der Waals surface area (Å²) < 4.78 is 48.6. The molecule has 4 aromatic rings. The highest BCUT2D eigenvalue weighted by Gasteiger charge is 2.38. The lowest BCUT2D eigenvalue weighted by molar-refractivity contribution is -0.157. The molecule has 0 saturated carbocycles. The van der Waals surface area contributed by atoms with E-state index in [9.17, 15) is 27.9 Å². The van der Waals surface area contributed by atoms with E-state index in [1.807, 2.05) is 0 Å². The van der Waals surface area contributed by atoms with E-state index in [0.717, 1.165) is 28.7 Å². The van der Waals surface area contributed by atoms with Gasteiger partial charge in [0.25, 0.3) is 11.5 Å².